The molecule has 1 aromatic carbocycles. The Balaban J connectivity index is 2.11. The summed E-state index contributed by atoms with van der Waals surface area (Å²) in [6, 6.07) is 6.21. The molecule has 0 amide bonds. The molecule has 0 aromatic heterocycles. The maximum Gasteiger partial charge on any atom is 0.573 e. The van der Waals surface area contributed by atoms with E-state index >= 15 is 0 Å². The first-order chi connectivity index (χ1) is 8.99. The minimum absolute atomic E-state index is 0.114. The van der Waals surface area contributed by atoms with Crippen LogP contribution in [0.4, 0.5) is 18.9 Å². The van der Waals surface area contributed by atoms with Crippen LogP contribution in [0.25, 0.3) is 0 Å². The number of hydrogen-bond acceptors (Lipinski definition) is 3. The van der Waals surface area contributed by atoms with Crippen molar-refractivity contribution in [3.05, 3.63) is 24.3 Å². The number of hydrogen-bond donors (Lipinski definition) is 2. The molecular weight excluding hydrogens is 257 g/mol. The molecule has 1 aliphatic carbocycles. The Kier molecular flexibility index (Phi) is 4.19. The second kappa shape index (κ2) is 5.69. The molecule has 3 nitrogen and oxygen atoms in total. The Morgan fingerprint density at radius 1 is 1.26 bits per heavy atom. The Morgan fingerprint density at radius 3 is 2.68 bits per heavy atom. The van der Waals surface area contributed by atoms with Crippen molar-refractivity contribution in [2.75, 3.05) is 11.9 Å². The minimum Gasteiger partial charge on any atom is -0.404 e. The van der Waals surface area contributed by atoms with E-state index in [1.54, 1.807) is 12.1 Å². The maximum absolute atomic E-state index is 12.3. The second-order valence-corrected chi connectivity index (χ2v) is 4.72. The molecule has 0 spiro atoms. The molecular formula is C13H17F3N2O. The number of alkyl halides is 3. The summed E-state index contributed by atoms with van der Waals surface area (Å²) in [7, 11) is 0. The predicted molar refractivity (Wildman–Crippen MR) is 66.9 cm³/mol. The van der Waals surface area contributed by atoms with E-state index in [9.17, 15) is 13.2 Å². The van der Waals surface area contributed by atoms with Crippen LogP contribution in [0.3, 0.4) is 0 Å². The molecule has 0 heterocycles. The Morgan fingerprint density at radius 2 is 2.00 bits per heavy atom. The number of para-hydroxylation sites is 2. The number of halogens is 3. The van der Waals surface area contributed by atoms with E-state index < -0.39 is 6.36 Å². The molecule has 1 saturated carbocycles. The molecule has 3 N–H and O–H groups in total. The van der Waals surface area contributed by atoms with Gasteiger partial charge in [0.05, 0.1) is 5.69 Å². The van der Waals surface area contributed by atoms with Crippen molar-refractivity contribution in [3.8, 4) is 5.75 Å². The quantitative estimate of drug-likeness (QED) is 0.886. The van der Waals surface area contributed by atoms with E-state index in [2.05, 4.69) is 10.1 Å². The summed E-state index contributed by atoms with van der Waals surface area (Å²) in [5, 5.41) is 3.13. The molecule has 2 unspecified atom stereocenters. The molecule has 106 valence electrons. The van der Waals surface area contributed by atoms with E-state index in [1.807, 2.05) is 0 Å². The zero-order valence-electron chi connectivity index (χ0n) is 10.4. The van der Waals surface area contributed by atoms with Crippen molar-refractivity contribution in [1.29, 1.82) is 0 Å². The van der Waals surface area contributed by atoms with Gasteiger partial charge in [-0.2, -0.15) is 0 Å². The number of rotatable bonds is 4. The summed E-state index contributed by atoms with van der Waals surface area (Å²) in [6.45, 7) is 0.542. The highest BCUT2D eigenvalue weighted by Crippen LogP contribution is 2.34. The molecule has 6 heteroatoms. The van der Waals surface area contributed by atoms with Crippen molar-refractivity contribution in [3.63, 3.8) is 0 Å². The van der Waals surface area contributed by atoms with E-state index in [1.165, 1.54) is 12.1 Å². The first-order valence-corrected chi connectivity index (χ1v) is 6.31. The first kappa shape index (κ1) is 14.0. The van der Waals surface area contributed by atoms with E-state index in [-0.39, 0.29) is 11.8 Å². The van der Waals surface area contributed by atoms with Gasteiger partial charge in [0.1, 0.15) is 0 Å². The van der Waals surface area contributed by atoms with Crippen LogP contribution >= 0.6 is 0 Å². The van der Waals surface area contributed by atoms with Gasteiger partial charge in [-0.15, -0.1) is 13.2 Å². The van der Waals surface area contributed by atoms with Gasteiger partial charge in [0, 0.05) is 6.04 Å². The summed E-state index contributed by atoms with van der Waals surface area (Å²) in [4.78, 5) is 0. The highest BCUT2D eigenvalue weighted by molar-refractivity contribution is 5.57. The largest absolute Gasteiger partial charge is 0.573 e. The van der Waals surface area contributed by atoms with Crippen molar-refractivity contribution in [1.82, 2.24) is 0 Å². The van der Waals surface area contributed by atoms with Crippen LogP contribution in [0.1, 0.15) is 19.3 Å². The second-order valence-electron chi connectivity index (χ2n) is 4.72. The molecule has 2 atom stereocenters. The lowest BCUT2D eigenvalue weighted by Crippen LogP contribution is -2.30. The highest BCUT2D eigenvalue weighted by atomic mass is 19.4. The van der Waals surface area contributed by atoms with Crippen LogP contribution in [0.15, 0.2) is 24.3 Å². The zero-order valence-corrected chi connectivity index (χ0v) is 10.4. The van der Waals surface area contributed by atoms with Gasteiger partial charge in [0.2, 0.25) is 0 Å². The number of benzene rings is 1. The smallest absolute Gasteiger partial charge is 0.404 e. The molecule has 0 saturated heterocycles. The van der Waals surface area contributed by atoms with Crippen LogP contribution in [0.2, 0.25) is 0 Å². The third-order valence-corrected chi connectivity index (χ3v) is 3.42. The summed E-state index contributed by atoms with van der Waals surface area (Å²) >= 11 is 0. The van der Waals surface area contributed by atoms with Crippen molar-refractivity contribution in [2.24, 2.45) is 11.7 Å². The van der Waals surface area contributed by atoms with Crippen LogP contribution in [-0.2, 0) is 0 Å². The van der Waals surface area contributed by atoms with Crippen molar-refractivity contribution in [2.45, 2.75) is 31.7 Å². The summed E-state index contributed by atoms with van der Waals surface area (Å²) in [5.74, 6) is 0.108. The molecule has 0 radical (unpaired) electrons. The number of ether oxygens (including phenoxy) is 1. The SMILES string of the molecule is NCC1CCCC1Nc1ccccc1OC(F)(F)F. The van der Waals surface area contributed by atoms with Crippen molar-refractivity contribution >= 4 is 5.69 Å². The Hall–Kier alpha value is -1.43. The molecule has 1 aromatic rings. The molecule has 2 rings (SSSR count). The fourth-order valence-corrected chi connectivity index (χ4v) is 2.51. The van der Waals surface area contributed by atoms with Gasteiger partial charge in [-0.3, -0.25) is 0 Å². The topological polar surface area (TPSA) is 47.3 Å². The number of anilines is 1. The lowest BCUT2D eigenvalue weighted by Gasteiger charge is -2.22. The Labute approximate surface area is 109 Å². The van der Waals surface area contributed by atoms with Gasteiger partial charge in [0.15, 0.2) is 5.75 Å². The van der Waals surface area contributed by atoms with E-state index in [4.69, 9.17) is 5.73 Å². The monoisotopic (exact) mass is 274 g/mol. The van der Waals surface area contributed by atoms with Crippen LogP contribution in [0, 0.1) is 5.92 Å². The van der Waals surface area contributed by atoms with Crippen LogP contribution in [0.5, 0.6) is 5.75 Å². The molecule has 0 bridgehead atoms. The van der Waals surface area contributed by atoms with Crippen LogP contribution < -0.4 is 15.8 Å². The van der Waals surface area contributed by atoms with Crippen molar-refractivity contribution < 1.29 is 17.9 Å². The van der Waals surface area contributed by atoms with E-state index in [0.717, 1.165) is 19.3 Å². The summed E-state index contributed by atoms with van der Waals surface area (Å²) < 4.78 is 40.9. The van der Waals surface area contributed by atoms with Gasteiger partial charge in [-0.1, -0.05) is 18.6 Å². The third kappa shape index (κ3) is 3.76. The van der Waals surface area contributed by atoms with Gasteiger partial charge < -0.3 is 15.8 Å². The minimum atomic E-state index is -4.68. The fourth-order valence-electron chi connectivity index (χ4n) is 2.51. The highest BCUT2D eigenvalue weighted by Gasteiger charge is 2.33. The number of nitrogens with one attached hydrogen (secondary N) is 1. The molecule has 19 heavy (non-hydrogen) atoms. The maximum atomic E-state index is 12.3. The molecule has 1 fully saturated rings. The number of nitrogens with two attached hydrogens (primary N) is 1. The van der Waals surface area contributed by atoms with Crippen LogP contribution in [-0.4, -0.2) is 18.9 Å². The summed E-state index contributed by atoms with van der Waals surface area (Å²) in [5.41, 5.74) is 6.03. The first-order valence-electron chi connectivity index (χ1n) is 6.31. The van der Waals surface area contributed by atoms with Gasteiger partial charge >= 0.3 is 6.36 Å². The normalized spacial score (nSPS) is 23.4. The Bertz CT molecular complexity index is 423. The van der Waals surface area contributed by atoms with Gasteiger partial charge in [-0.25, -0.2) is 0 Å². The average molecular weight is 274 g/mol. The molecule has 0 aliphatic heterocycles. The third-order valence-electron chi connectivity index (χ3n) is 3.42. The van der Waals surface area contributed by atoms with E-state index in [0.29, 0.717) is 18.2 Å². The summed E-state index contributed by atoms with van der Waals surface area (Å²) in [6.07, 6.45) is -1.71. The standard InChI is InChI=1S/C13H17F3N2O/c14-13(15,16)19-12-7-2-1-5-11(12)18-10-6-3-4-9(10)8-17/h1-2,5,7,9-10,18H,3-4,6,8,17H2. The average Bonchev–Trinajstić information content (AvgIpc) is 2.77. The molecule has 1 aliphatic rings. The predicted octanol–water partition coefficient (Wildman–Crippen LogP) is 3.12. The lowest BCUT2D eigenvalue weighted by molar-refractivity contribution is -0.274. The van der Waals surface area contributed by atoms with Gasteiger partial charge in [-0.05, 0) is 37.4 Å². The van der Waals surface area contributed by atoms with Gasteiger partial charge in [0.25, 0.3) is 0 Å². The fraction of sp³-hybridized carbons (Fsp3) is 0.538. The zero-order chi connectivity index (χ0) is 13.9. The lowest BCUT2D eigenvalue weighted by atomic mass is 10.0.